The minimum absolute atomic E-state index is 0.0455. The molecule has 0 N–H and O–H groups in total. The molecule has 1 aromatic rings. The van der Waals surface area contributed by atoms with E-state index in [-0.39, 0.29) is 35.9 Å². The van der Waals surface area contributed by atoms with Gasteiger partial charge in [-0.05, 0) is 25.8 Å². The first-order valence-electron chi connectivity index (χ1n) is 8.80. The Balaban J connectivity index is 1.61. The van der Waals surface area contributed by atoms with Crippen molar-refractivity contribution in [1.82, 2.24) is 4.90 Å². The minimum atomic E-state index is -0.741. The summed E-state index contributed by atoms with van der Waals surface area (Å²) in [5.41, 5.74) is 0.371. The number of aryl methyl sites for hydroxylation is 1. The number of amides is 1. The molecule has 2 aliphatic rings. The average molecular weight is 362 g/mol. The van der Waals surface area contributed by atoms with E-state index >= 15 is 0 Å². The van der Waals surface area contributed by atoms with Crippen molar-refractivity contribution in [3.05, 3.63) is 39.4 Å². The van der Waals surface area contributed by atoms with Crippen molar-refractivity contribution in [3.63, 3.8) is 0 Å². The zero-order valence-corrected chi connectivity index (χ0v) is 14.7. The van der Waals surface area contributed by atoms with E-state index in [9.17, 15) is 19.7 Å². The van der Waals surface area contributed by atoms with Gasteiger partial charge in [-0.15, -0.1) is 0 Å². The molecule has 1 aliphatic carbocycles. The van der Waals surface area contributed by atoms with Crippen molar-refractivity contribution in [2.75, 3.05) is 19.8 Å². The Bertz CT molecular complexity index is 718. The highest BCUT2D eigenvalue weighted by atomic mass is 16.6. The highest BCUT2D eigenvalue weighted by molar-refractivity contribution is 5.92. The van der Waals surface area contributed by atoms with Crippen LogP contribution in [0.25, 0.3) is 0 Å². The van der Waals surface area contributed by atoms with Crippen LogP contribution in [0.1, 0.15) is 41.6 Å². The first-order chi connectivity index (χ1) is 12.5. The van der Waals surface area contributed by atoms with Gasteiger partial charge in [-0.2, -0.15) is 0 Å². The van der Waals surface area contributed by atoms with E-state index in [2.05, 4.69) is 0 Å². The van der Waals surface area contributed by atoms with Gasteiger partial charge >= 0.3 is 5.97 Å². The monoisotopic (exact) mass is 362 g/mol. The predicted octanol–water partition coefficient (Wildman–Crippen LogP) is 2.23. The van der Waals surface area contributed by atoms with E-state index in [1.54, 1.807) is 11.8 Å². The number of rotatable bonds is 4. The van der Waals surface area contributed by atoms with Gasteiger partial charge in [0.15, 0.2) is 6.61 Å². The highest BCUT2D eigenvalue weighted by Gasteiger charge is 2.36. The van der Waals surface area contributed by atoms with Crippen LogP contribution in [0.5, 0.6) is 0 Å². The molecule has 8 nitrogen and oxygen atoms in total. The van der Waals surface area contributed by atoms with Gasteiger partial charge in [0.05, 0.1) is 29.2 Å². The SMILES string of the molecule is Cc1ccc(C(=O)OCC(=O)N2CCOC3CCCCC32)cc1[N+](=O)[O-]. The lowest BCUT2D eigenvalue weighted by molar-refractivity contribution is -0.385. The van der Waals surface area contributed by atoms with Gasteiger partial charge in [-0.25, -0.2) is 4.79 Å². The summed E-state index contributed by atoms with van der Waals surface area (Å²) < 4.78 is 10.8. The first-order valence-corrected chi connectivity index (χ1v) is 8.80. The van der Waals surface area contributed by atoms with Crippen LogP contribution in [0, 0.1) is 17.0 Å². The molecule has 1 aliphatic heterocycles. The standard InChI is InChI=1S/C18H22N2O6/c1-12-6-7-13(10-15(12)20(23)24)18(22)26-11-17(21)19-8-9-25-16-5-3-2-4-14(16)19/h6-7,10,14,16H,2-5,8-9,11H2,1H3. The van der Waals surface area contributed by atoms with Crippen molar-refractivity contribution in [3.8, 4) is 0 Å². The fraction of sp³-hybridized carbons (Fsp3) is 0.556. The van der Waals surface area contributed by atoms with E-state index in [1.807, 2.05) is 0 Å². The Morgan fingerprint density at radius 1 is 1.35 bits per heavy atom. The molecule has 1 amide bonds. The zero-order chi connectivity index (χ0) is 18.7. The van der Waals surface area contributed by atoms with Crippen LogP contribution >= 0.6 is 0 Å². The molecular formula is C18H22N2O6. The summed E-state index contributed by atoms with van der Waals surface area (Å²) in [5.74, 6) is -0.991. The number of nitro benzene ring substituents is 1. The molecule has 8 heteroatoms. The number of carbonyl (C=O) groups excluding carboxylic acids is 2. The number of morpholine rings is 1. The minimum Gasteiger partial charge on any atom is -0.452 e. The van der Waals surface area contributed by atoms with E-state index in [0.717, 1.165) is 25.7 Å². The van der Waals surface area contributed by atoms with Gasteiger partial charge in [0, 0.05) is 18.2 Å². The molecule has 140 valence electrons. The summed E-state index contributed by atoms with van der Waals surface area (Å²) >= 11 is 0. The second-order valence-electron chi connectivity index (χ2n) is 6.68. The number of nitro groups is 1. The van der Waals surface area contributed by atoms with Crippen molar-refractivity contribution in [1.29, 1.82) is 0 Å². The van der Waals surface area contributed by atoms with Gasteiger partial charge in [0.25, 0.3) is 11.6 Å². The van der Waals surface area contributed by atoms with E-state index in [4.69, 9.17) is 9.47 Å². The Morgan fingerprint density at radius 2 is 2.12 bits per heavy atom. The third-order valence-electron chi connectivity index (χ3n) is 5.02. The lowest BCUT2D eigenvalue weighted by Crippen LogP contribution is -2.55. The molecule has 0 radical (unpaired) electrons. The third-order valence-corrected chi connectivity index (χ3v) is 5.02. The van der Waals surface area contributed by atoms with Crippen LogP contribution < -0.4 is 0 Å². The molecular weight excluding hydrogens is 340 g/mol. The maximum absolute atomic E-state index is 12.5. The second kappa shape index (κ2) is 7.82. The van der Waals surface area contributed by atoms with Gasteiger partial charge < -0.3 is 14.4 Å². The van der Waals surface area contributed by atoms with Gasteiger partial charge in [-0.1, -0.05) is 18.9 Å². The molecule has 0 bridgehead atoms. The topological polar surface area (TPSA) is 99.0 Å². The summed E-state index contributed by atoms with van der Waals surface area (Å²) in [4.78, 5) is 36.8. The number of fused-ring (bicyclic) bond motifs is 1. The number of hydrogen-bond acceptors (Lipinski definition) is 6. The molecule has 2 atom stereocenters. The molecule has 0 aromatic heterocycles. The quantitative estimate of drug-likeness (QED) is 0.463. The Kier molecular flexibility index (Phi) is 5.51. The fourth-order valence-electron chi connectivity index (χ4n) is 3.63. The molecule has 26 heavy (non-hydrogen) atoms. The van der Waals surface area contributed by atoms with Crippen molar-refractivity contribution < 1.29 is 24.0 Å². The van der Waals surface area contributed by atoms with Crippen LogP contribution in [-0.2, 0) is 14.3 Å². The van der Waals surface area contributed by atoms with E-state index < -0.39 is 10.9 Å². The number of ether oxygens (including phenoxy) is 2. The van der Waals surface area contributed by atoms with E-state index in [1.165, 1.54) is 18.2 Å². The number of esters is 1. The largest absolute Gasteiger partial charge is 0.452 e. The molecule has 1 saturated heterocycles. The molecule has 2 fully saturated rings. The number of hydrogen-bond donors (Lipinski definition) is 0. The molecule has 1 heterocycles. The molecule has 1 saturated carbocycles. The maximum atomic E-state index is 12.5. The fourth-order valence-corrected chi connectivity index (χ4v) is 3.63. The summed E-state index contributed by atoms with van der Waals surface area (Å²) in [6.07, 6.45) is 4.07. The Morgan fingerprint density at radius 3 is 2.88 bits per heavy atom. The number of carbonyl (C=O) groups is 2. The van der Waals surface area contributed by atoms with Crippen LogP contribution in [0.15, 0.2) is 18.2 Å². The number of benzene rings is 1. The summed E-state index contributed by atoms with van der Waals surface area (Å²) in [6, 6.07) is 4.17. The average Bonchev–Trinajstić information content (AvgIpc) is 2.65. The van der Waals surface area contributed by atoms with Crippen LogP contribution in [0.2, 0.25) is 0 Å². The summed E-state index contributed by atoms with van der Waals surface area (Å²) in [7, 11) is 0. The van der Waals surface area contributed by atoms with Crippen molar-refractivity contribution in [2.24, 2.45) is 0 Å². The van der Waals surface area contributed by atoms with Crippen molar-refractivity contribution >= 4 is 17.6 Å². The first kappa shape index (κ1) is 18.3. The highest BCUT2D eigenvalue weighted by Crippen LogP contribution is 2.28. The Hall–Kier alpha value is -2.48. The lowest BCUT2D eigenvalue weighted by Gasteiger charge is -2.43. The molecule has 3 rings (SSSR count). The maximum Gasteiger partial charge on any atom is 0.338 e. The molecule has 1 aromatic carbocycles. The van der Waals surface area contributed by atoms with Gasteiger partial charge in [0.1, 0.15) is 0 Å². The van der Waals surface area contributed by atoms with E-state index in [0.29, 0.717) is 18.7 Å². The van der Waals surface area contributed by atoms with Gasteiger partial charge in [-0.3, -0.25) is 14.9 Å². The van der Waals surface area contributed by atoms with Crippen LogP contribution in [-0.4, -0.2) is 53.6 Å². The van der Waals surface area contributed by atoms with Gasteiger partial charge in [0.2, 0.25) is 0 Å². The van der Waals surface area contributed by atoms with Crippen molar-refractivity contribution in [2.45, 2.75) is 44.8 Å². The Labute approximate surface area is 151 Å². The van der Waals surface area contributed by atoms with Crippen LogP contribution in [0.3, 0.4) is 0 Å². The smallest absolute Gasteiger partial charge is 0.338 e. The predicted molar refractivity (Wildman–Crippen MR) is 91.8 cm³/mol. The lowest BCUT2D eigenvalue weighted by atomic mass is 9.90. The molecule has 0 spiro atoms. The summed E-state index contributed by atoms with van der Waals surface area (Å²) in [5, 5.41) is 11.0. The second-order valence-corrected chi connectivity index (χ2v) is 6.68. The number of nitrogens with zero attached hydrogens (tertiary/aromatic N) is 2. The third kappa shape index (κ3) is 3.85. The van der Waals surface area contributed by atoms with Crippen LogP contribution in [0.4, 0.5) is 5.69 Å². The molecule has 2 unspecified atom stereocenters. The zero-order valence-electron chi connectivity index (χ0n) is 14.7. The normalized spacial score (nSPS) is 22.4. The summed E-state index contributed by atoms with van der Waals surface area (Å²) in [6.45, 7) is 2.21.